The van der Waals surface area contributed by atoms with Gasteiger partial charge in [0, 0.05) is 0 Å². The first-order valence-corrected chi connectivity index (χ1v) is 9.52. The van der Waals surface area contributed by atoms with Gasteiger partial charge in [-0.25, -0.2) is 4.98 Å². The summed E-state index contributed by atoms with van der Waals surface area (Å²) in [5, 5.41) is 10.5. The minimum Gasteiger partial charge on any atom is -0.429 e. The molecule has 1 N–H and O–H groups in total. The molecule has 1 unspecified atom stereocenters. The van der Waals surface area contributed by atoms with Gasteiger partial charge in [0.25, 0.3) is 5.19 Å². The average Bonchev–Trinajstić information content (AvgIpc) is 3.03. The Hall–Kier alpha value is -1.83. The summed E-state index contributed by atoms with van der Waals surface area (Å²) in [5.41, 5.74) is -1.29. The molecule has 3 nitrogen and oxygen atoms in total. The number of ether oxygens (including phenoxy) is 1. The minimum absolute atomic E-state index is 0.0466. The van der Waals surface area contributed by atoms with Crippen LogP contribution in [0.2, 0.25) is 5.02 Å². The smallest absolute Gasteiger partial charge is 0.417 e. The zero-order valence-corrected chi connectivity index (χ0v) is 16.0. The van der Waals surface area contributed by atoms with Crippen molar-refractivity contribution in [2.24, 2.45) is 0 Å². The van der Waals surface area contributed by atoms with E-state index in [0.29, 0.717) is 16.5 Å². The largest absolute Gasteiger partial charge is 0.429 e. The Morgan fingerprint density at radius 1 is 1.19 bits per heavy atom. The van der Waals surface area contributed by atoms with Crippen molar-refractivity contribution >= 4 is 33.2 Å². The number of aryl methyl sites for hydroxylation is 1. The molecule has 8 heteroatoms. The summed E-state index contributed by atoms with van der Waals surface area (Å²) in [6.07, 6.45) is -5.45. The zero-order chi connectivity index (χ0) is 19.7. The predicted molar refractivity (Wildman–Crippen MR) is 101 cm³/mol. The van der Waals surface area contributed by atoms with Gasteiger partial charge in [0.1, 0.15) is 5.75 Å². The SMILES string of the molecule is CCC(O)(CCc1ccc(Oc2nc3ccccc3s2)c(Cl)c1)C(F)(F)F. The molecule has 0 bridgehead atoms. The normalized spacial score (nSPS) is 14.3. The first-order valence-electron chi connectivity index (χ1n) is 8.33. The van der Waals surface area contributed by atoms with Crippen LogP contribution in [0.15, 0.2) is 42.5 Å². The molecule has 0 spiro atoms. The Bertz CT molecular complexity index is 911. The van der Waals surface area contributed by atoms with Crippen molar-refractivity contribution in [3.05, 3.63) is 53.1 Å². The van der Waals surface area contributed by atoms with Gasteiger partial charge >= 0.3 is 6.18 Å². The number of alkyl halides is 3. The minimum atomic E-state index is -4.67. The van der Waals surface area contributed by atoms with E-state index in [9.17, 15) is 18.3 Å². The van der Waals surface area contributed by atoms with Crippen molar-refractivity contribution in [3.8, 4) is 10.9 Å². The number of hydrogen-bond donors (Lipinski definition) is 1. The fourth-order valence-corrected chi connectivity index (χ4v) is 3.71. The monoisotopic (exact) mass is 415 g/mol. The third-order valence-electron chi connectivity index (χ3n) is 4.41. The van der Waals surface area contributed by atoms with E-state index < -0.39 is 24.6 Å². The molecule has 0 aliphatic carbocycles. The molecule has 27 heavy (non-hydrogen) atoms. The first kappa shape index (κ1) is 19.9. The van der Waals surface area contributed by atoms with Gasteiger partial charge in [-0.15, -0.1) is 0 Å². The van der Waals surface area contributed by atoms with Gasteiger partial charge in [0.2, 0.25) is 0 Å². The molecule has 0 saturated carbocycles. The number of aromatic nitrogens is 1. The highest BCUT2D eigenvalue weighted by Crippen LogP contribution is 2.38. The Morgan fingerprint density at radius 2 is 1.93 bits per heavy atom. The molecule has 0 saturated heterocycles. The van der Waals surface area contributed by atoms with Crippen LogP contribution in [0.4, 0.5) is 13.2 Å². The molecule has 144 valence electrons. The lowest BCUT2D eigenvalue weighted by atomic mass is 9.92. The Balaban J connectivity index is 1.72. The van der Waals surface area contributed by atoms with Crippen molar-refractivity contribution in [3.63, 3.8) is 0 Å². The Labute approximate surface area is 163 Å². The van der Waals surface area contributed by atoms with Crippen LogP contribution in [0.1, 0.15) is 25.3 Å². The molecule has 0 aliphatic heterocycles. The standard InChI is InChI=1S/C19H17ClF3NO2S/c1-2-18(25,19(21,22)23)10-9-12-7-8-15(13(20)11-12)26-17-24-14-5-3-4-6-16(14)27-17/h3-8,11,25H,2,9-10H2,1H3. The third kappa shape index (κ3) is 4.36. The van der Waals surface area contributed by atoms with Crippen LogP contribution in [0.25, 0.3) is 10.2 Å². The van der Waals surface area contributed by atoms with Gasteiger partial charge in [-0.1, -0.05) is 48.1 Å². The number of para-hydroxylation sites is 1. The van der Waals surface area contributed by atoms with Crippen LogP contribution in [0.3, 0.4) is 0 Å². The summed E-state index contributed by atoms with van der Waals surface area (Å²) in [4.78, 5) is 4.36. The molecule has 2 aromatic carbocycles. The van der Waals surface area contributed by atoms with Crippen LogP contribution >= 0.6 is 22.9 Å². The van der Waals surface area contributed by atoms with Gasteiger partial charge in [0.15, 0.2) is 5.60 Å². The lowest BCUT2D eigenvalue weighted by Gasteiger charge is -2.29. The lowest BCUT2D eigenvalue weighted by Crippen LogP contribution is -2.44. The fraction of sp³-hybridized carbons (Fsp3) is 0.316. The summed E-state index contributed by atoms with van der Waals surface area (Å²) in [5.74, 6) is 0.376. The van der Waals surface area contributed by atoms with Crippen molar-refractivity contribution in [2.45, 2.75) is 38.0 Å². The average molecular weight is 416 g/mol. The maximum Gasteiger partial charge on any atom is 0.417 e. The molecule has 0 radical (unpaired) electrons. The van der Waals surface area contributed by atoms with Crippen molar-refractivity contribution in [2.75, 3.05) is 0 Å². The number of rotatable bonds is 6. The van der Waals surface area contributed by atoms with Gasteiger partial charge in [0.05, 0.1) is 15.2 Å². The molecule has 1 heterocycles. The number of nitrogens with zero attached hydrogens (tertiary/aromatic N) is 1. The van der Waals surface area contributed by atoms with E-state index in [-0.39, 0.29) is 11.4 Å². The zero-order valence-electron chi connectivity index (χ0n) is 14.4. The molecule has 3 rings (SSSR count). The van der Waals surface area contributed by atoms with Crippen LogP contribution in [0, 0.1) is 0 Å². The topological polar surface area (TPSA) is 42.4 Å². The second-order valence-electron chi connectivity index (χ2n) is 6.20. The van der Waals surface area contributed by atoms with Gasteiger partial charge in [-0.2, -0.15) is 13.2 Å². The molecular weight excluding hydrogens is 399 g/mol. The molecule has 3 aromatic rings. The van der Waals surface area contributed by atoms with Crippen LogP contribution in [-0.2, 0) is 6.42 Å². The maximum absolute atomic E-state index is 13.0. The summed E-state index contributed by atoms with van der Waals surface area (Å²) >= 11 is 7.59. The second-order valence-corrected chi connectivity index (χ2v) is 7.60. The van der Waals surface area contributed by atoms with E-state index >= 15 is 0 Å². The summed E-state index contributed by atoms with van der Waals surface area (Å²) in [6.45, 7) is 1.31. The van der Waals surface area contributed by atoms with E-state index in [1.165, 1.54) is 18.3 Å². The molecular formula is C19H17ClF3NO2S. The summed E-state index contributed by atoms with van der Waals surface area (Å²) in [7, 11) is 0. The lowest BCUT2D eigenvalue weighted by molar-refractivity contribution is -0.263. The highest BCUT2D eigenvalue weighted by atomic mass is 35.5. The van der Waals surface area contributed by atoms with Crippen LogP contribution in [-0.4, -0.2) is 21.9 Å². The number of benzene rings is 2. The first-order chi connectivity index (χ1) is 12.7. The molecule has 0 amide bonds. The quantitative estimate of drug-likeness (QED) is 0.508. The number of hydrogen-bond acceptors (Lipinski definition) is 4. The maximum atomic E-state index is 13.0. The number of thiazole rings is 1. The van der Waals surface area contributed by atoms with E-state index in [1.54, 1.807) is 18.2 Å². The van der Waals surface area contributed by atoms with Crippen LogP contribution in [0.5, 0.6) is 10.9 Å². The van der Waals surface area contributed by atoms with Gasteiger partial charge in [-0.3, -0.25) is 0 Å². The molecule has 0 aliphatic rings. The van der Waals surface area contributed by atoms with E-state index in [4.69, 9.17) is 16.3 Å². The van der Waals surface area contributed by atoms with E-state index in [0.717, 1.165) is 10.2 Å². The van der Waals surface area contributed by atoms with Crippen molar-refractivity contribution in [1.82, 2.24) is 4.98 Å². The Kier molecular flexibility index (Phi) is 5.65. The molecule has 1 aromatic heterocycles. The molecule has 0 fully saturated rings. The van der Waals surface area contributed by atoms with Crippen molar-refractivity contribution in [1.29, 1.82) is 0 Å². The Morgan fingerprint density at radius 3 is 2.56 bits per heavy atom. The predicted octanol–water partition coefficient (Wildman–Crippen LogP) is 6.38. The summed E-state index contributed by atoms with van der Waals surface area (Å²) in [6, 6.07) is 12.4. The third-order valence-corrected chi connectivity index (χ3v) is 5.62. The molecule has 1 atom stereocenters. The fourth-order valence-electron chi connectivity index (χ4n) is 2.64. The highest BCUT2D eigenvalue weighted by Gasteiger charge is 2.51. The second kappa shape index (κ2) is 7.66. The van der Waals surface area contributed by atoms with E-state index in [1.807, 2.05) is 24.3 Å². The highest BCUT2D eigenvalue weighted by molar-refractivity contribution is 7.20. The number of halogens is 4. The summed E-state index contributed by atoms with van der Waals surface area (Å²) < 4.78 is 45.6. The van der Waals surface area contributed by atoms with E-state index in [2.05, 4.69) is 4.98 Å². The van der Waals surface area contributed by atoms with Crippen LogP contribution < -0.4 is 4.74 Å². The van der Waals surface area contributed by atoms with Gasteiger partial charge in [-0.05, 0) is 49.1 Å². The number of fused-ring (bicyclic) bond motifs is 1. The van der Waals surface area contributed by atoms with Gasteiger partial charge < -0.3 is 9.84 Å². The number of aliphatic hydroxyl groups is 1. The van der Waals surface area contributed by atoms with Crippen molar-refractivity contribution < 1.29 is 23.0 Å².